The second-order valence-electron chi connectivity index (χ2n) is 7.46. The molecule has 0 bridgehead atoms. The van der Waals surface area contributed by atoms with E-state index in [9.17, 15) is 17.6 Å². The highest BCUT2D eigenvalue weighted by Gasteiger charge is 2.24. The fraction of sp³-hybridized carbons (Fsp3) is 0.160. The van der Waals surface area contributed by atoms with Crippen LogP contribution >= 0.6 is 0 Å². The van der Waals surface area contributed by atoms with E-state index in [0.29, 0.717) is 11.3 Å². The van der Waals surface area contributed by atoms with Crippen LogP contribution in [-0.4, -0.2) is 20.1 Å². The molecule has 5 nitrogen and oxygen atoms in total. The Hall–Kier alpha value is -3.45. The topological polar surface area (TPSA) is 65.4 Å². The molecule has 0 saturated heterocycles. The molecule has 0 aliphatic rings. The molecular weight excluding hydrogens is 429 g/mol. The maximum atomic E-state index is 13.4. The largest absolute Gasteiger partial charge is 0.497 e. The van der Waals surface area contributed by atoms with Gasteiger partial charge < -0.3 is 9.30 Å². The maximum Gasteiger partial charge on any atom is 0.211 e. The maximum absolute atomic E-state index is 13.4. The van der Waals surface area contributed by atoms with Crippen molar-refractivity contribution < 1.29 is 17.5 Å². The lowest BCUT2D eigenvalue weighted by Crippen LogP contribution is -2.19. The molecule has 0 saturated carbocycles. The average molecular weight is 452 g/mol. The first-order chi connectivity index (χ1) is 15.3. The zero-order chi connectivity index (χ0) is 22.9. The Labute approximate surface area is 185 Å². The minimum atomic E-state index is -4.06. The highest BCUT2D eigenvalue weighted by Crippen LogP contribution is 2.25. The number of ether oxygens (including phenoxy) is 1. The number of hydrogen-bond donors (Lipinski definition) is 0. The van der Waals surface area contributed by atoms with Gasteiger partial charge in [0.1, 0.15) is 16.5 Å². The average Bonchev–Trinajstić information content (AvgIpc) is 2.81. The van der Waals surface area contributed by atoms with E-state index in [1.54, 1.807) is 41.0 Å². The van der Waals surface area contributed by atoms with Crippen molar-refractivity contribution in [2.75, 3.05) is 7.11 Å². The summed E-state index contributed by atoms with van der Waals surface area (Å²) in [5.41, 5.74) is 1.73. The van der Waals surface area contributed by atoms with Gasteiger partial charge >= 0.3 is 0 Å². The Morgan fingerprint density at radius 1 is 0.938 bits per heavy atom. The molecule has 0 N–H and O–H groups in total. The molecule has 1 heterocycles. The number of rotatable bonds is 6. The van der Waals surface area contributed by atoms with Crippen molar-refractivity contribution in [1.29, 1.82) is 0 Å². The van der Waals surface area contributed by atoms with Crippen molar-refractivity contribution in [3.05, 3.63) is 100 Å². The zero-order valence-electron chi connectivity index (χ0n) is 17.7. The van der Waals surface area contributed by atoms with Crippen LogP contribution in [0, 0.1) is 5.82 Å². The highest BCUT2D eigenvalue weighted by molar-refractivity contribution is 7.91. The lowest BCUT2D eigenvalue weighted by atomic mass is 10.1. The van der Waals surface area contributed by atoms with Crippen LogP contribution in [0.5, 0.6) is 5.75 Å². The van der Waals surface area contributed by atoms with Gasteiger partial charge in [0.25, 0.3) is 0 Å². The molecule has 4 aromatic rings. The molecule has 164 valence electrons. The van der Waals surface area contributed by atoms with Gasteiger partial charge in [0.2, 0.25) is 15.3 Å². The standard InChI is InChI=1S/C25H22FNO4S/c1-3-17-6-11-21(12-7-17)32(29,30)24-16-27(15-18-4-8-19(26)9-5-18)23-13-10-20(31-2)14-22(23)25(24)28/h4-14,16H,3,15H2,1-2H3. The van der Waals surface area contributed by atoms with Gasteiger partial charge in [0.15, 0.2) is 0 Å². The van der Waals surface area contributed by atoms with Crippen LogP contribution in [0.3, 0.4) is 0 Å². The lowest BCUT2D eigenvalue weighted by molar-refractivity contribution is 0.415. The number of pyridine rings is 1. The van der Waals surface area contributed by atoms with Gasteiger partial charge in [-0.1, -0.05) is 31.2 Å². The van der Waals surface area contributed by atoms with Gasteiger partial charge in [0.05, 0.1) is 22.9 Å². The molecule has 1 aromatic heterocycles. The molecule has 32 heavy (non-hydrogen) atoms. The first kappa shape index (κ1) is 21.8. The Morgan fingerprint density at radius 3 is 2.22 bits per heavy atom. The van der Waals surface area contributed by atoms with E-state index in [1.165, 1.54) is 43.6 Å². The van der Waals surface area contributed by atoms with Crippen LogP contribution in [-0.2, 0) is 22.8 Å². The number of benzene rings is 3. The summed E-state index contributed by atoms with van der Waals surface area (Å²) < 4.78 is 47.1. The summed E-state index contributed by atoms with van der Waals surface area (Å²) >= 11 is 0. The minimum absolute atomic E-state index is 0.0578. The molecule has 0 aliphatic heterocycles. The predicted octanol–water partition coefficient (Wildman–Crippen LogP) is 4.59. The molecule has 3 aromatic carbocycles. The molecule has 0 unspecified atom stereocenters. The summed E-state index contributed by atoms with van der Waals surface area (Å²) in [5, 5.41) is 0.234. The number of aromatic nitrogens is 1. The third-order valence-corrected chi connectivity index (χ3v) is 7.21. The van der Waals surface area contributed by atoms with E-state index < -0.39 is 15.3 Å². The SMILES string of the molecule is CCc1ccc(S(=O)(=O)c2cn(Cc3ccc(F)cc3)c3ccc(OC)cc3c2=O)cc1. The van der Waals surface area contributed by atoms with Crippen molar-refractivity contribution in [1.82, 2.24) is 4.57 Å². The van der Waals surface area contributed by atoms with Crippen molar-refractivity contribution in [3.63, 3.8) is 0 Å². The van der Waals surface area contributed by atoms with E-state index >= 15 is 0 Å². The number of sulfone groups is 1. The van der Waals surface area contributed by atoms with E-state index in [4.69, 9.17) is 4.74 Å². The monoisotopic (exact) mass is 451 g/mol. The molecule has 0 aliphatic carbocycles. The first-order valence-corrected chi connectivity index (χ1v) is 11.6. The van der Waals surface area contributed by atoms with Crippen LogP contribution in [0.2, 0.25) is 0 Å². The number of methoxy groups -OCH3 is 1. The van der Waals surface area contributed by atoms with Crippen LogP contribution in [0.4, 0.5) is 4.39 Å². The summed E-state index contributed by atoms with van der Waals surface area (Å²) in [7, 11) is -2.58. The third-order valence-electron chi connectivity index (χ3n) is 5.45. The Kier molecular flexibility index (Phi) is 5.84. The fourth-order valence-electron chi connectivity index (χ4n) is 3.62. The third kappa shape index (κ3) is 4.03. The normalized spacial score (nSPS) is 11.6. The quantitative estimate of drug-likeness (QED) is 0.430. The number of nitrogens with zero attached hydrogens (tertiary/aromatic N) is 1. The molecule has 0 fully saturated rings. The Bertz CT molecular complexity index is 1440. The second kappa shape index (κ2) is 8.59. The van der Waals surface area contributed by atoms with E-state index in [0.717, 1.165) is 17.5 Å². The number of halogens is 1. The molecule has 7 heteroatoms. The summed E-state index contributed by atoms with van der Waals surface area (Å²) in [4.78, 5) is 13.0. The molecule has 0 spiro atoms. The van der Waals surface area contributed by atoms with Gasteiger partial charge in [-0.3, -0.25) is 4.79 Å². The van der Waals surface area contributed by atoms with Crippen molar-refractivity contribution in [3.8, 4) is 5.75 Å². The van der Waals surface area contributed by atoms with Crippen molar-refractivity contribution >= 4 is 20.7 Å². The van der Waals surface area contributed by atoms with Crippen molar-refractivity contribution in [2.45, 2.75) is 29.7 Å². The molecule has 0 amide bonds. The lowest BCUT2D eigenvalue weighted by Gasteiger charge is -2.15. The summed E-state index contributed by atoms with van der Waals surface area (Å²) in [6.07, 6.45) is 2.14. The van der Waals surface area contributed by atoms with Gasteiger partial charge in [0, 0.05) is 12.7 Å². The molecule has 4 rings (SSSR count). The number of aryl methyl sites for hydroxylation is 1. The van der Waals surface area contributed by atoms with Crippen LogP contribution < -0.4 is 10.2 Å². The molecule has 0 radical (unpaired) electrons. The van der Waals surface area contributed by atoms with Crippen LogP contribution in [0.15, 0.2) is 87.5 Å². The van der Waals surface area contributed by atoms with Crippen LogP contribution in [0.25, 0.3) is 10.9 Å². The summed E-state index contributed by atoms with van der Waals surface area (Å²) in [6, 6.07) is 17.4. The van der Waals surface area contributed by atoms with Crippen LogP contribution in [0.1, 0.15) is 18.1 Å². The van der Waals surface area contributed by atoms with Gasteiger partial charge in [-0.05, 0) is 60.0 Å². The Balaban J connectivity index is 1.94. The summed E-state index contributed by atoms with van der Waals surface area (Å²) in [6.45, 7) is 2.25. The molecule has 0 atom stereocenters. The van der Waals surface area contributed by atoms with Gasteiger partial charge in [-0.25, -0.2) is 12.8 Å². The zero-order valence-corrected chi connectivity index (χ0v) is 18.5. The van der Waals surface area contributed by atoms with E-state index in [1.807, 2.05) is 6.92 Å². The molecular formula is C25H22FNO4S. The number of fused-ring (bicyclic) bond motifs is 1. The highest BCUT2D eigenvalue weighted by atomic mass is 32.2. The minimum Gasteiger partial charge on any atom is -0.497 e. The second-order valence-corrected chi connectivity index (χ2v) is 9.38. The number of hydrogen-bond acceptors (Lipinski definition) is 4. The smallest absolute Gasteiger partial charge is 0.211 e. The summed E-state index contributed by atoms with van der Waals surface area (Å²) in [5.74, 6) is 0.0897. The first-order valence-electron chi connectivity index (χ1n) is 10.1. The fourth-order valence-corrected chi connectivity index (χ4v) is 4.99. The van der Waals surface area contributed by atoms with Crippen molar-refractivity contribution in [2.24, 2.45) is 0 Å². The van der Waals surface area contributed by atoms with Gasteiger partial charge in [-0.15, -0.1) is 0 Å². The predicted molar refractivity (Wildman–Crippen MR) is 122 cm³/mol. The van der Waals surface area contributed by atoms with E-state index in [2.05, 4.69) is 0 Å². The Morgan fingerprint density at radius 2 is 1.59 bits per heavy atom. The van der Waals surface area contributed by atoms with E-state index in [-0.39, 0.29) is 27.5 Å². The van der Waals surface area contributed by atoms with Gasteiger partial charge in [-0.2, -0.15) is 0 Å².